The molecule has 6 heteroatoms. The maximum Gasteiger partial charge on any atom is 0.317 e. The highest BCUT2D eigenvalue weighted by atomic mass is 35.5. The van der Waals surface area contributed by atoms with Crippen LogP contribution in [-0.4, -0.2) is 31.8 Å². The normalized spacial score (nSPS) is 18.9. The number of ketones is 1. The van der Waals surface area contributed by atoms with Crippen LogP contribution in [-0.2, 0) is 14.3 Å². The molecule has 1 aromatic carbocycles. The summed E-state index contributed by atoms with van der Waals surface area (Å²) >= 11 is 5.88. The highest BCUT2D eigenvalue weighted by Crippen LogP contribution is 2.31. The molecular weight excluding hydrogens is 270 g/mol. The van der Waals surface area contributed by atoms with Crippen LogP contribution in [0.3, 0.4) is 0 Å². The summed E-state index contributed by atoms with van der Waals surface area (Å²) in [4.78, 5) is 37.3. The number of benzene rings is 1. The lowest BCUT2D eigenvalue weighted by molar-refractivity contribution is -0.145. The van der Waals surface area contributed by atoms with E-state index in [0.717, 1.165) is 0 Å². The first-order valence-electron chi connectivity index (χ1n) is 5.64. The molecule has 1 atom stereocenters. The van der Waals surface area contributed by atoms with E-state index in [9.17, 15) is 14.4 Å². The van der Waals surface area contributed by atoms with Gasteiger partial charge in [0.1, 0.15) is 5.92 Å². The number of hydrogen-bond donors (Lipinski definition) is 0. The first-order valence-corrected chi connectivity index (χ1v) is 6.01. The minimum absolute atomic E-state index is 0.200. The molecule has 19 heavy (non-hydrogen) atoms. The van der Waals surface area contributed by atoms with Crippen LogP contribution in [0.1, 0.15) is 16.8 Å². The van der Waals surface area contributed by atoms with E-state index >= 15 is 0 Å². The molecule has 100 valence electrons. The van der Waals surface area contributed by atoms with Gasteiger partial charge in [-0.2, -0.15) is 0 Å². The maximum absolute atomic E-state index is 12.3. The number of carbonyl (C=O) groups excluding carboxylic acids is 3. The standard InChI is InChI=1S/C13H12ClNO4/c1-15-10-5-7(14)3-4-8(10)12(17)9(6-11(15)16)13(18)19-2/h3-5,9H,6H2,1-2H3. The number of amides is 1. The fourth-order valence-corrected chi connectivity index (χ4v) is 2.22. The molecule has 1 heterocycles. The lowest BCUT2D eigenvalue weighted by Crippen LogP contribution is -2.30. The summed E-state index contributed by atoms with van der Waals surface area (Å²) in [6.07, 6.45) is -0.200. The number of fused-ring (bicyclic) bond motifs is 1. The van der Waals surface area contributed by atoms with E-state index in [4.69, 9.17) is 11.6 Å². The Labute approximate surface area is 115 Å². The molecule has 1 aliphatic heterocycles. The molecule has 0 spiro atoms. The quantitative estimate of drug-likeness (QED) is 0.580. The number of methoxy groups -OCH3 is 1. The minimum atomic E-state index is -1.10. The van der Waals surface area contributed by atoms with Gasteiger partial charge in [-0.15, -0.1) is 0 Å². The van der Waals surface area contributed by atoms with Crippen molar-refractivity contribution in [3.63, 3.8) is 0 Å². The molecule has 0 aromatic heterocycles. The monoisotopic (exact) mass is 281 g/mol. The highest BCUT2D eigenvalue weighted by molar-refractivity contribution is 6.31. The van der Waals surface area contributed by atoms with Gasteiger partial charge in [0.15, 0.2) is 5.78 Å². The van der Waals surface area contributed by atoms with E-state index in [2.05, 4.69) is 4.74 Å². The zero-order valence-electron chi connectivity index (χ0n) is 10.5. The van der Waals surface area contributed by atoms with Crippen molar-refractivity contribution in [1.29, 1.82) is 0 Å². The van der Waals surface area contributed by atoms with Crippen molar-refractivity contribution < 1.29 is 19.1 Å². The Morgan fingerprint density at radius 3 is 2.74 bits per heavy atom. The van der Waals surface area contributed by atoms with E-state index in [0.29, 0.717) is 16.3 Å². The number of hydrogen-bond acceptors (Lipinski definition) is 4. The lowest BCUT2D eigenvalue weighted by atomic mass is 9.95. The molecule has 0 bridgehead atoms. The molecule has 0 N–H and O–H groups in total. The van der Waals surface area contributed by atoms with Crippen LogP contribution in [0.5, 0.6) is 0 Å². The third-order valence-electron chi connectivity index (χ3n) is 3.14. The average molecular weight is 282 g/mol. The molecule has 0 aliphatic carbocycles. The molecule has 2 rings (SSSR count). The van der Waals surface area contributed by atoms with Crippen LogP contribution in [0.15, 0.2) is 18.2 Å². The van der Waals surface area contributed by atoms with Crippen LogP contribution < -0.4 is 4.90 Å². The third kappa shape index (κ3) is 2.33. The van der Waals surface area contributed by atoms with Crippen molar-refractivity contribution in [1.82, 2.24) is 0 Å². The van der Waals surface area contributed by atoms with Crippen LogP contribution in [0.2, 0.25) is 5.02 Å². The van der Waals surface area contributed by atoms with Gasteiger partial charge in [-0.05, 0) is 18.2 Å². The molecule has 0 radical (unpaired) electrons. The largest absolute Gasteiger partial charge is 0.468 e. The van der Waals surface area contributed by atoms with Gasteiger partial charge in [-0.25, -0.2) is 0 Å². The Kier molecular flexibility index (Phi) is 3.57. The molecule has 5 nitrogen and oxygen atoms in total. The predicted octanol–water partition coefficient (Wildman–Crippen LogP) is 1.68. The van der Waals surface area contributed by atoms with Crippen molar-refractivity contribution >= 4 is 34.9 Å². The van der Waals surface area contributed by atoms with Gasteiger partial charge < -0.3 is 9.64 Å². The van der Waals surface area contributed by atoms with Crippen LogP contribution in [0.4, 0.5) is 5.69 Å². The zero-order chi connectivity index (χ0) is 14.2. The van der Waals surface area contributed by atoms with E-state index in [1.807, 2.05) is 0 Å². The highest BCUT2D eigenvalue weighted by Gasteiger charge is 2.37. The number of esters is 1. The summed E-state index contributed by atoms with van der Waals surface area (Å²) in [6, 6.07) is 4.60. The van der Waals surface area contributed by atoms with Gasteiger partial charge in [0.2, 0.25) is 5.91 Å². The number of Topliss-reactive ketones (excluding diaryl/α,β-unsaturated/α-hetero) is 1. The van der Waals surface area contributed by atoms with Gasteiger partial charge in [-0.1, -0.05) is 11.6 Å². The number of ether oxygens (including phenoxy) is 1. The van der Waals surface area contributed by atoms with Gasteiger partial charge in [0.05, 0.1) is 12.8 Å². The minimum Gasteiger partial charge on any atom is -0.468 e. The second-order valence-corrected chi connectivity index (χ2v) is 4.69. The summed E-state index contributed by atoms with van der Waals surface area (Å²) in [5, 5.41) is 0.419. The Bertz CT molecular complexity index is 570. The number of carbonyl (C=O) groups is 3. The van der Waals surface area contributed by atoms with Gasteiger partial charge in [0, 0.05) is 24.1 Å². The Balaban J connectivity index is 2.57. The number of nitrogens with zero attached hydrogens (tertiary/aromatic N) is 1. The number of halogens is 1. The van der Waals surface area contributed by atoms with E-state index in [1.165, 1.54) is 24.1 Å². The van der Waals surface area contributed by atoms with Crippen LogP contribution >= 0.6 is 11.6 Å². The summed E-state index contributed by atoms with van der Waals surface area (Å²) in [6.45, 7) is 0. The topological polar surface area (TPSA) is 63.7 Å². The first-order chi connectivity index (χ1) is 8.95. The maximum atomic E-state index is 12.3. The second-order valence-electron chi connectivity index (χ2n) is 4.26. The molecule has 1 aliphatic rings. The molecule has 1 aromatic rings. The van der Waals surface area contributed by atoms with Crippen molar-refractivity contribution in [2.45, 2.75) is 6.42 Å². The summed E-state index contributed by atoms with van der Waals surface area (Å²) in [5.41, 5.74) is 0.710. The van der Waals surface area contributed by atoms with Gasteiger partial charge in [-0.3, -0.25) is 14.4 Å². The lowest BCUT2D eigenvalue weighted by Gasteiger charge is -2.16. The van der Waals surface area contributed by atoms with Crippen molar-refractivity contribution in [3.8, 4) is 0 Å². The smallest absolute Gasteiger partial charge is 0.317 e. The Morgan fingerprint density at radius 1 is 1.42 bits per heavy atom. The molecule has 1 unspecified atom stereocenters. The fourth-order valence-electron chi connectivity index (χ4n) is 2.05. The molecule has 1 amide bonds. The van der Waals surface area contributed by atoms with E-state index < -0.39 is 17.7 Å². The van der Waals surface area contributed by atoms with Crippen molar-refractivity contribution in [2.24, 2.45) is 5.92 Å². The zero-order valence-corrected chi connectivity index (χ0v) is 11.2. The van der Waals surface area contributed by atoms with Crippen molar-refractivity contribution in [2.75, 3.05) is 19.1 Å². The Hall–Kier alpha value is -1.88. The Morgan fingerprint density at radius 2 is 2.11 bits per heavy atom. The number of rotatable bonds is 1. The molecule has 0 saturated heterocycles. The average Bonchev–Trinajstić information content (AvgIpc) is 2.49. The summed E-state index contributed by atoms with van der Waals surface area (Å²) < 4.78 is 4.58. The fraction of sp³-hybridized carbons (Fsp3) is 0.308. The van der Waals surface area contributed by atoms with E-state index in [-0.39, 0.29) is 12.3 Å². The van der Waals surface area contributed by atoms with Crippen LogP contribution in [0, 0.1) is 5.92 Å². The van der Waals surface area contributed by atoms with E-state index in [1.54, 1.807) is 13.1 Å². The predicted molar refractivity (Wildman–Crippen MR) is 69.3 cm³/mol. The molecular formula is C13H12ClNO4. The van der Waals surface area contributed by atoms with Crippen LogP contribution in [0.25, 0.3) is 0 Å². The summed E-state index contributed by atoms with van der Waals surface area (Å²) in [7, 11) is 2.74. The molecule has 0 fully saturated rings. The number of anilines is 1. The summed E-state index contributed by atoms with van der Waals surface area (Å²) in [5.74, 6) is -2.54. The SMILES string of the molecule is COC(=O)C1CC(=O)N(C)c2cc(Cl)ccc2C1=O. The van der Waals surface area contributed by atoms with Gasteiger partial charge >= 0.3 is 5.97 Å². The second kappa shape index (κ2) is 5.01. The van der Waals surface area contributed by atoms with Crippen molar-refractivity contribution in [3.05, 3.63) is 28.8 Å². The van der Waals surface area contributed by atoms with Gasteiger partial charge in [0.25, 0.3) is 0 Å². The molecule has 0 saturated carbocycles. The third-order valence-corrected chi connectivity index (χ3v) is 3.38. The first kappa shape index (κ1) is 13.5.